The SMILES string of the molecule is CC/C=C\C/C=C\C/C=C\CCCCCC(=O)OCC(COC1OC(C(=O)O)C(O)C(O)C1O)OC(=O)CCCCCCCCCCCCCCCCCCCCCC. The van der Waals surface area contributed by atoms with Gasteiger partial charge in [0.15, 0.2) is 18.5 Å². The summed E-state index contributed by atoms with van der Waals surface area (Å²) in [5.41, 5.74) is 0. The van der Waals surface area contributed by atoms with Crippen LogP contribution in [0.4, 0.5) is 0 Å². The van der Waals surface area contributed by atoms with Gasteiger partial charge in [-0.15, -0.1) is 0 Å². The third kappa shape index (κ3) is 30.2. The van der Waals surface area contributed by atoms with Crippen molar-refractivity contribution >= 4 is 17.9 Å². The number of unbranched alkanes of at least 4 members (excludes halogenated alkanes) is 22. The molecule has 1 saturated heterocycles. The summed E-state index contributed by atoms with van der Waals surface area (Å²) in [4.78, 5) is 36.8. The maximum atomic E-state index is 12.8. The maximum Gasteiger partial charge on any atom is 0.335 e. The number of allylic oxidation sites excluding steroid dienone is 6. The van der Waals surface area contributed by atoms with Crippen LogP contribution < -0.4 is 0 Å². The minimum absolute atomic E-state index is 0.180. The third-order valence-electron chi connectivity index (χ3n) is 10.8. The van der Waals surface area contributed by atoms with Gasteiger partial charge in [-0.2, -0.15) is 0 Å². The quantitative estimate of drug-likeness (QED) is 0.0264. The van der Waals surface area contributed by atoms with Crippen LogP contribution in [-0.4, -0.2) is 88.4 Å². The van der Waals surface area contributed by atoms with Crippen LogP contribution >= 0.6 is 0 Å². The summed E-state index contributed by atoms with van der Waals surface area (Å²) in [5, 5.41) is 39.8. The van der Waals surface area contributed by atoms with Crippen LogP contribution in [-0.2, 0) is 33.3 Å². The van der Waals surface area contributed by atoms with Crippen LogP contribution in [0.5, 0.6) is 0 Å². The number of ether oxygens (including phenoxy) is 4. The lowest BCUT2D eigenvalue weighted by molar-refractivity contribution is -0.298. The molecular weight excluding hydrogens is 753 g/mol. The van der Waals surface area contributed by atoms with Crippen molar-refractivity contribution in [1.82, 2.24) is 0 Å². The van der Waals surface area contributed by atoms with Gasteiger partial charge in [0.05, 0.1) is 6.61 Å². The zero-order chi connectivity index (χ0) is 43.2. The molecule has 0 amide bonds. The number of aliphatic hydroxyl groups is 3. The molecule has 0 aromatic carbocycles. The predicted molar refractivity (Wildman–Crippen MR) is 234 cm³/mol. The van der Waals surface area contributed by atoms with Crippen LogP contribution in [0.15, 0.2) is 36.5 Å². The van der Waals surface area contributed by atoms with E-state index in [1.807, 2.05) is 0 Å². The van der Waals surface area contributed by atoms with Gasteiger partial charge in [-0.3, -0.25) is 9.59 Å². The van der Waals surface area contributed by atoms with Gasteiger partial charge in [0, 0.05) is 12.8 Å². The predicted octanol–water partition coefficient (Wildman–Crippen LogP) is 10.4. The molecule has 0 aromatic heterocycles. The topological polar surface area (TPSA) is 169 Å². The molecule has 6 unspecified atom stereocenters. The van der Waals surface area contributed by atoms with Crippen LogP contribution in [0.2, 0.25) is 0 Å². The van der Waals surface area contributed by atoms with Crippen molar-refractivity contribution in [3.63, 3.8) is 0 Å². The first kappa shape index (κ1) is 54.4. The van der Waals surface area contributed by atoms with E-state index in [1.165, 1.54) is 103 Å². The molecule has 0 aliphatic carbocycles. The largest absolute Gasteiger partial charge is 0.479 e. The molecule has 11 nitrogen and oxygen atoms in total. The molecule has 0 bridgehead atoms. The van der Waals surface area contributed by atoms with Crippen molar-refractivity contribution in [3.05, 3.63) is 36.5 Å². The smallest absolute Gasteiger partial charge is 0.335 e. The zero-order valence-corrected chi connectivity index (χ0v) is 37.0. The number of carboxylic acids is 1. The second kappa shape index (κ2) is 38.4. The fourth-order valence-corrected chi connectivity index (χ4v) is 7.07. The molecule has 1 aliphatic heterocycles. The van der Waals surface area contributed by atoms with Crippen LogP contribution in [0.1, 0.15) is 200 Å². The highest BCUT2D eigenvalue weighted by Crippen LogP contribution is 2.23. The lowest BCUT2D eigenvalue weighted by Crippen LogP contribution is -2.60. The van der Waals surface area contributed by atoms with E-state index in [1.54, 1.807) is 0 Å². The van der Waals surface area contributed by atoms with Crippen LogP contribution in [0.3, 0.4) is 0 Å². The number of rotatable bonds is 39. The summed E-state index contributed by atoms with van der Waals surface area (Å²) < 4.78 is 21.7. The van der Waals surface area contributed by atoms with E-state index in [0.717, 1.165) is 57.8 Å². The Balaban J connectivity index is 2.33. The molecule has 0 radical (unpaired) electrons. The average Bonchev–Trinajstić information content (AvgIpc) is 3.22. The van der Waals surface area contributed by atoms with Gasteiger partial charge < -0.3 is 39.4 Å². The highest BCUT2D eigenvalue weighted by Gasteiger charge is 2.47. The molecule has 342 valence electrons. The van der Waals surface area contributed by atoms with Gasteiger partial charge in [-0.25, -0.2) is 4.79 Å². The fourth-order valence-electron chi connectivity index (χ4n) is 7.07. The van der Waals surface area contributed by atoms with E-state index >= 15 is 0 Å². The second-order valence-corrected chi connectivity index (χ2v) is 16.2. The number of carbonyl (C=O) groups is 3. The van der Waals surface area contributed by atoms with Crippen LogP contribution in [0, 0.1) is 0 Å². The minimum atomic E-state index is -1.86. The summed E-state index contributed by atoms with van der Waals surface area (Å²) >= 11 is 0. The van der Waals surface area contributed by atoms with E-state index < -0.39 is 61.3 Å². The Morgan fingerprint density at radius 1 is 0.542 bits per heavy atom. The molecule has 0 aromatic rings. The van der Waals surface area contributed by atoms with Gasteiger partial charge in [0.1, 0.15) is 24.9 Å². The van der Waals surface area contributed by atoms with Crippen molar-refractivity contribution in [2.45, 2.75) is 237 Å². The Kier molecular flexibility index (Phi) is 35.4. The molecule has 1 heterocycles. The molecule has 11 heteroatoms. The lowest BCUT2D eigenvalue weighted by Gasteiger charge is -2.38. The number of esters is 2. The van der Waals surface area contributed by atoms with Gasteiger partial charge in [0.25, 0.3) is 0 Å². The van der Waals surface area contributed by atoms with Gasteiger partial charge in [-0.1, -0.05) is 179 Å². The van der Waals surface area contributed by atoms with Crippen molar-refractivity contribution in [1.29, 1.82) is 0 Å². The Hall–Kier alpha value is -2.57. The standard InChI is InChI=1S/C48H84O11/c1-3-5-7-9-11-13-15-17-18-19-20-21-22-23-25-27-29-31-33-35-37-42(50)58-40(39-57-48-45(53)43(51)44(52)46(59-48)47(54)55)38-56-41(49)36-34-32-30-28-26-24-16-14-12-10-8-6-4-2/h6,8,12,14,24,26,40,43-46,48,51-53H,3-5,7,9-11,13,15-23,25,27-39H2,1-2H3,(H,54,55)/b8-6-,14-12-,26-24-. The highest BCUT2D eigenvalue weighted by atomic mass is 16.7. The third-order valence-corrected chi connectivity index (χ3v) is 10.8. The lowest BCUT2D eigenvalue weighted by atomic mass is 9.99. The number of hydrogen-bond acceptors (Lipinski definition) is 10. The minimum Gasteiger partial charge on any atom is -0.479 e. The molecule has 1 aliphatic rings. The molecule has 0 spiro atoms. The van der Waals surface area contributed by atoms with E-state index in [4.69, 9.17) is 18.9 Å². The van der Waals surface area contributed by atoms with Crippen molar-refractivity contribution in [2.24, 2.45) is 0 Å². The van der Waals surface area contributed by atoms with Gasteiger partial charge in [-0.05, 0) is 44.9 Å². The Morgan fingerprint density at radius 2 is 1.00 bits per heavy atom. The first-order chi connectivity index (χ1) is 28.7. The molecular formula is C48H84O11. The van der Waals surface area contributed by atoms with Crippen molar-refractivity contribution < 1.29 is 53.8 Å². The van der Waals surface area contributed by atoms with E-state index in [9.17, 15) is 34.8 Å². The normalized spacial score (nSPS) is 20.2. The molecule has 6 atom stereocenters. The first-order valence-corrected chi connectivity index (χ1v) is 23.5. The van der Waals surface area contributed by atoms with E-state index in [0.29, 0.717) is 12.8 Å². The highest BCUT2D eigenvalue weighted by molar-refractivity contribution is 5.73. The van der Waals surface area contributed by atoms with Gasteiger partial charge in [0.2, 0.25) is 0 Å². The Bertz CT molecular complexity index is 1120. The average molecular weight is 837 g/mol. The second-order valence-electron chi connectivity index (χ2n) is 16.2. The molecule has 4 N–H and O–H groups in total. The number of hydrogen-bond donors (Lipinski definition) is 4. The maximum absolute atomic E-state index is 12.8. The molecule has 0 saturated carbocycles. The molecule has 1 fully saturated rings. The van der Waals surface area contributed by atoms with E-state index in [2.05, 4.69) is 50.3 Å². The number of carboxylic acid groups (broad SMARTS) is 1. The summed E-state index contributed by atoms with van der Waals surface area (Å²) in [6, 6.07) is 0. The summed E-state index contributed by atoms with van der Waals surface area (Å²) in [6.45, 7) is 3.69. The van der Waals surface area contributed by atoms with Crippen molar-refractivity contribution in [2.75, 3.05) is 13.2 Å². The Labute approximate surface area is 357 Å². The number of aliphatic carboxylic acids is 1. The zero-order valence-electron chi connectivity index (χ0n) is 37.0. The Morgan fingerprint density at radius 3 is 1.51 bits per heavy atom. The fraction of sp³-hybridized carbons (Fsp3) is 0.812. The molecule has 59 heavy (non-hydrogen) atoms. The number of aliphatic hydroxyl groups excluding tert-OH is 3. The number of carbonyl (C=O) groups excluding carboxylic acids is 2. The first-order valence-electron chi connectivity index (χ1n) is 23.5. The van der Waals surface area contributed by atoms with E-state index in [-0.39, 0.29) is 19.4 Å². The molecule has 1 rings (SSSR count). The van der Waals surface area contributed by atoms with Crippen molar-refractivity contribution in [3.8, 4) is 0 Å². The summed E-state index contributed by atoms with van der Waals surface area (Å²) in [6.07, 6.45) is 34.9. The summed E-state index contributed by atoms with van der Waals surface area (Å²) in [5.74, 6) is -2.47. The summed E-state index contributed by atoms with van der Waals surface area (Å²) in [7, 11) is 0. The van der Waals surface area contributed by atoms with Gasteiger partial charge >= 0.3 is 17.9 Å². The monoisotopic (exact) mass is 837 g/mol. The van der Waals surface area contributed by atoms with Crippen LogP contribution in [0.25, 0.3) is 0 Å².